The topological polar surface area (TPSA) is 64.4 Å². The van der Waals surface area contributed by atoms with Gasteiger partial charge in [0.15, 0.2) is 0 Å². The fraction of sp³-hybridized carbons (Fsp3) is 0.941. The molecular weight excluding hydrogens is 264 g/mol. The van der Waals surface area contributed by atoms with E-state index in [1.54, 1.807) is 0 Å². The summed E-state index contributed by atoms with van der Waals surface area (Å²) in [6, 6.07) is 0. The molecule has 2 aliphatic rings. The lowest BCUT2D eigenvalue weighted by atomic mass is 9.79. The molecule has 2 unspecified atom stereocenters. The summed E-state index contributed by atoms with van der Waals surface area (Å²) in [5.41, 5.74) is 5.79. The Balaban J connectivity index is 1.56. The van der Waals surface area contributed by atoms with Crippen molar-refractivity contribution in [1.29, 1.82) is 0 Å². The Bertz CT molecular complexity index is 303. The summed E-state index contributed by atoms with van der Waals surface area (Å²) in [6.07, 6.45) is 12.3. The van der Waals surface area contributed by atoms with E-state index in [0.29, 0.717) is 18.6 Å². The van der Waals surface area contributed by atoms with Crippen LogP contribution in [0.25, 0.3) is 0 Å². The van der Waals surface area contributed by atoms with Crippen LogP contribution in [0.2, 0.25) is 0 Å². The van der Waals surface area contributed by atoms with Crippen LogP contribution in [0.5, 0.6) is 0 Å². The average molecular weight is 296 g/mol. The number of amides is 1. The summed E-state index contributed by atoms with van der Waals surface area (Å²) in [5.74, 6) is 0.739. The number of carbonyl (C=O) groups is 1. The van der Waals surface area contributed by atoms with Gasteiger partial charge in [0.25, 0.3) is 0 Å². The molecule has 0 aromatic rings. The van der Waals surface area contributed by atoms with Crippen molar-refractivity contribution in [3.63, 3.8) is 0 Å². The third-order valence-electron chi connectivity index (χ3n) is 5.07. The normalized spacial score (nSPS) is 27.5. The van der Waals surface area contributed by atoms with Crippen LogP contribution in [-0.2, 0) is 9.53 Å². The molecule has 2 aliphatic carbocycles. The lowest BCUT2D eigenvalue weighted by molar-refractivity contribution is -0.127. The van der Waals surface area contributed by atoms with Gasteiger partial charge in [0.2, 0.25) is 5.91 Å². The van der Waals surface area contributed by atoms with E-state index in [-0.39, 0.29) is 11.8 Å². The molecule has 2 rings (SSSR count). The minimum atomic E-state index is 0.142. The molecule has 2 atom stereocenters. The Morgan fingerprint density at radius 2 is 1.76 bits per heavy atom. The fourth-order valence-corrected chi connectivity index (χ4v) is 3.73. The Hall–Kier alpha value is -0.610. The molecule has 2 fully saturated rings. The van der Waals surface area contributed by atoms with Gasteiger partial charge >= 0.3 is 0 Å². The van der Waals surface area contributed by atoms with E-state index in [2.05, 4.69) is 5.32 Å². The van der Waals surface area contributed by atoms with Gasteiger partial charge in [0.1, 0.15) is 0 Å². The fourth-order valence-electron chi connectivity index (χ4n) is 3.73. The van der Waals surface area contributed by atoms with E-state index in [9.17, 15) is 4.79 Å². The molecule has 0 bridgehead atoms. The number of hydrogen-bond acceptors (Lipinski definition) is 3. The number of ether oxygens (including phenoxy) is 1. The molecular formula is C17H32N2O2. The van der Waals surface area contributed by atoms with Crippen LogP contribution in [0.4, 0.5) is 0 Å². The highest BCUT2D eigenvalue weighted by Crippen LogP contribution is 2.29. The molecule has 122 valence electrons. The zero-order chi connectivity index (χ0) is 14.9. The maximum absolute atomic E-state index is 12.2. The van der Waals surface area contributed by atoms with Gasteiger partial charge < -0.3 is 15.8 Å². The number of nitrogens with two attached hydrogens (primary N) is 1. The quantitative estimate of drug-likeness (QED) is 0.710. The van der Waals surface area contributed by atoms with Crippen LogP contribution in [-0.4, -0.2) is 31.7 Å². The second kappa shape index (κ2) is 9.42. The van der Waals surface area contributed by atoms with Crippen molar-refractivity contribution in [2.75, 3.05) is 19.7 Å². The molecule has 0 aliphatic heterocycles. The van der Waals surface area contributed by atoms with Gasteiger partial charge in [0, 0.05) is 19.1 Å². The smallest absolute Gasteiger partial charge is 0.223 e. The number of rotatable bonds is 7. The van der Waals surface area contributed by atoms with E-state index in [4.69, 9.17) is 10.5 Å². The third-order valence-corrected chi connectivity index (χ3v) is 5.07. The van der Waals surface area contributed by atoms with E-state index in [0.717, 1.165) is 32.4 Å². The summed E-state index contributed by atoms with van der Waals surface area (Å²) in [4.78, 5) is 12.2. The van der Waals surface area contributed by atoms with Gasteiger partial charge in [-0.2, -0.15) is 0 Å². The monoisotopic (exact) mass is 296 g/mol. The van der Waals surface area contributed by atoms with E-state index < -0.39 is 0 Å². The summed E-state index contributed by atoms with van der Waals surface area (Å²) < 4.78 is 5.88. The SMILES string of the molecule is NCC1CCCCC1C(=O)NCCCOC1CCCCC1. The summed E-state index contributed by atoms with van der Waals surface area (Å²) in [5, 5.41) is 3.08. The first kappa shape index (κ1) is 16.8. The van der Waals surface area contributed by atoms with Gasteiger partial charge in [-0.15, -0.1) is 0 Å². The van der Waals surface area contributed by atoms with Crippen LogP contribution in [0.15, 0.2) is 0 Å². The van der Waals surface area contributed by atoms with Crippen LogP contribution in [0.1, 0.15) is 64.2 Å². The summed E-state index contributed by atoms with van der Waals surface area (Å²) in [7, 11) is 0. The average Bonchev–Trinajstić information content (AvgIpc) is 2.55. The van der Waals surface area contributed by atoms with Crippen molar-refractivity contribution in [1.82, 2.24) is 5.32 Å². The molecule has 4 heteroatoms. The summed E-state index contributed by atoms with van der Waals surface area (Å²) >= 11 is 0. The van der Waals surface area contributed by atoms with Crippen molar-refractivity contribution >= 4 is 5.91 Å². The molecule has 0 spiro atoms. The van der Waals surface area contributed by atoms with Gasteiger partial charge in [-0.3, -0.25) is 4.79 Å². The third kappa shape index (κ3) is 5.59. The largest absolute Gasteiger partial charge is 0.378 e. The molecule has 0 saturated heterocycles. The van der Waals surface area contributed by atoms with E-state index in [1.165, 1.54) is 44.9 Å². The van der Waals surface area contributed by atoms with E-state index in [1.807, 2.05) is 0 Å². The van der Waals surface area contributed by atoms with Crippen LogP contribution in [0, 0.1) is 11.8 Å². The van der Waals surface area contributed by atoms with Gasteiger partial charge in [-0.1, -0.05) is 32.1 Å². The highest BCUT2D eigenvalue weighted by atomic mass is 16.5. The first-order chi connectivity index (χ1) is 10.3. The molecule has 0 aromatic heterocycles. The second-order valence-corrected chi connectivity index (χ2v) is 6.66. The Labute approximate surface area is 129 Å². The zero-order valence-corrected chi connectivity index (χ0v) is 13.3. The van der Waals surface area contributed by atoms with Crippen LogP contribution >= 0.6 is 0 Å². The predicted molar refractivity (Wildman–Crippen MR) is 85.0 cm³/mol. The van der Waals surface area contributed by atoms with Crippen molar-refractivity contribution in [2.24, 2.45) is 17.6 Å². The lowest BCUT2D eigenvalue weighted by Crippen LogP contribution is -2.40. The lowest BCUT2D eigenvalue weighted by Gasteiger charge is -2.29. The molecule has 0 aromatic carbocycles. The first-order valence-corrected chi connectivity index (χ1v) is 8.90. The molecule has 0 heterocycles. The second-order valence-electron chi connectivity index (χ2n) is 6.66. The molecule has 3 N–H and O–H groups in total. The maximum atomic E-state index is 12.2. The zero-order valence-electron chi connectivity index (χ0n) is 13.3. The van der Waals surface area contributed by atoms with E-state index >= 15 is 0 Å². The van der Waals surface area contributed by atoms with Crippen LogP contribution < -0.4 is 11.1 Å². The van der Waals surface area contributed by atoms with Crippen molar-refractivity contribution < 1.29 is 9.53 Å². The van der Waals surface area contributed by atoms with Crippen molar-refractivity contribution in [3.05, 3.63) is 0 Å². The molecule has 1 amide bonds. The van der Waals surface area contributed by atoms with Gasteiger partial charge in [-0.05, 0) is 44.6 Å². The standard InChI is InChI=1S/C17H32N2O2/c18-13-14-7-4-5-10-16(14)17(20)19-11-6-12-21-15-8-2-1-3-9-15/h14-16H,1-13,18H2,(H,19,20). The number of hydrogen-bond donors (Lipinski definition) is 2. The van der Waals surface area contributed by atoms with Crippen molar-refractivity contribution in [3.8, 4) is 0 Å². The minimum Gasteiger partial charge on any atom is -0.378 e. The Morgan fingerprint density at radius 3 is 2.52 bits per heavy atom. The molecule has 0 radical (unpaired) electrons. The molecule has 2 saturated carbocycles. The Kier molecular flexibility index (Phi) is 7.51. The predicted octanol–water partition coefficient (Wildman–Crippen LogP) is 2.61. The summed E-state index contributed by atoms with van der Waals surface area (Å²) in [6.45, 7) is 2.15. The van der Waals surface area contributed by atoms with Crippen LogP contribution in [0.3, 0.4) is 0 Å². The van der Waals surface area contributed by atoms with Gasteiger partial charge in [-0.25, -0.2) is 0 Å². The molecule has 21 heavy (non-hydrogen) atoms. The maximum Gasteiger partial charge on any atom is 0.223 e. The highest BCUT2D eigenvalue weighted by molar-refractivity contribution is 5.79. The van der Waals surface area contributed by atoms with Gasteiger partial charge in [0.05, 0.1) is 6.10 Å². The first-order valence-electron chi connectivity index (χ1n) is 8.90. The minimum absolute atomic E-state index is 0.142. The number of nitrogens with one attached hydrogen (secondary N) is 1. The highest BCUT2D eigenvalue weighted by Gasteiger charge is 2.29. The molecule has 4 nitrogen and oxygen atoms in total. The number of carbonyl (C=O) groups excluding carboxylic acids is 1. The Morgan fingerprint density at radius 1 is 1.05 bits per heavy atom. The van der Waals surface area contributed by atoms with Crippen molar-refractivity contribution in [2.45, 2.75) is 70.3 Å².